The van der Waals surface area contributed by atoms with E-state index in [1.54, 1.807) is 18.3 Å². The molecule has 2 rings (SSSR count). The molecule has 1 aliphatic heterocycles. The summed E-state index contributed by atoms with van der Waals surface area (Å²) in [6, 6.07) is 3.41. The molecule has 0 bridgehead atoms. The predicted octanol–water partition coefficient (Wildman–Crippen LogP) is 1.81. The second-order valence-electron chi connectivity index (χ2n) is 4.82. The number of aromatic nitrogens is 1. The molecular weight excluding hydrogens is 250 g/mol. The van der Waals surface area contributed by atoms with E-state index in [4.69, 9.17) is 11.6 Å². The number of piperidine rings is 1. The first-order chi connectivity index (χ1) is 8.66. The number of likely N-dealkylation sites (tertiary alicyclic amines) is 1. The van der Waals surface area contributed by atoms with Crippen LogP contribution in [0.15, 0.2) is 18.3 Å². The molecule has 0 aromatic carbocycles. The summed E-state index contributed by atoms with van der Waals surface area (Å²) in [5.41, 5.74) is 0.448. The standard InChI is InChI=1S/C13H18ClN3O/c1-17-7-3-4-10(9-17)8-16-13(18)11-5-2-6-15-12(11)14/h2,5-6,10H,3-4,7-9H2,1H3,(H,16,18). The van der Waals surface area contributed by atoms with E-state index in [-0.39, 0.29) is 11.1 Å². The highest BCUT2D eigenvalue weighted by molar-refractivity contribution is 6.32. The molecule has 1 fully saturated rings. The van der Waals surface area contributed by atoms with Crippen LogP contribution in [0.5, 0.6) is 0 Å². The Balaban J connectivity index is 1.87. The Morgan fingerprint density at radius 2 is 2.50 bits per heavy atom. The molecule has 18 heavy (non-hydrogen) atoms. The van der Waals surface area contributed by atoms with Crippen molar-refractivity contribution in [3.8, 4) is 0 Å². The zero-order valence-corrected chi connectivity index (χ0v) is 11.3. The lowest BCUT2D eigenvalue weighted by Crippen LogP contribution is -2.39. The van der Waals surface area contributed by atoms with Crippen molar-refractivity contribution in [2.45, 2.75) is 12.8 Å². The first-order valence-electron chi connectivity index (χ1n) is 6.24. The van der Waals surface area contributed by atoms with Crippen molar-refractivity contribution in [1.29, 1.82) is 0 Å². The fourth-order valence-corrected chi connectivity index (χ4v) is 2.53. The van der Waals surface area contributed by atoms with Crippen molar-refractivity contribution >= 4 is 17.5 Å². The summed E-state index contributed by atoms with van der Waals surface area (Å²) in [4.78, 5) is 18.1. The number of carbonyl (C=O) groups is 1. The predicted molar refractivity (Wildman–Crippen MR) is 71.8 cm³/mol. The van der Waals surface area contributed by atoms with E-state index in [1.165, 1.54) is 12.8 Å². The van der Waals surface area contributed by atoms with Crippen molar-refractivity contribution in [2.24, 2.45) is 5.92 Å². The molecule has 0 saturated carbocycles. The van der Waals surface area contributed by atoms with Crippen LogP contribution in [0.25, 0.3) is 0 Å². The zero-order chi connectivity index (χ0) is 13.0. The molecule has 1 unspecified atom stereocenters. The summed E-state index contributed by atoms with van der Waals surface area (Å²) in [6.45, 7) is 2.90. The lowest BCUT2D eigenvalue weighted by molar-refractivity contribution is 0.0936. The van der Waals surface area contributed by atoms with E-state index in [2.05, 4.69) is 22.2 Å². The van der Waals surface area contributed by atoms with Gasteiger partial charge in [-0.2, -0.15) is 0 Å². The maximum absolute atomic E-state index is 11.9. The molecule has 0 aliphatic carbocycles. The number of amides is 1. The van der Waals surface area contributed by atoms with Crippen LogP contribution in [0.1, 0.15) is 23.2 Å². The highest BCUT2D eigenvalue weighted by atomic mass is 35.5. The minimum Gasteiger partial charge on any atom is -0.352 e. The third-order valence-corrected chi connectivity index (χ3v) is 3.58. The smallest absolute Gasteiger partial charge is 0.254 e. The Morgan fingerprint density at radius 3 is 3.22 bits per heavy atom. The van der Waals surface area contributed by atoms with Crippen LogP contribution >= 0.6 is 11.6 Å². The monoisotopic (exact) mass is 267 g/mol. The van der Waals surface area contributed by atoms with Crippen LogP contribution in [0.3, 0.4) is 0 Å². The SMILES string of the molecule is CN1CCCC(CNC(=O)c2cccnc2Cl)C1. The molecule has 1 aromatic heterocycles. The molecule has 0 spiro atoms. The Kier molecular flexibility index (Phi) is 4.55. The summed E-state index contributed by atoms with van der Waals surface area (Å²) in [7, 11) is 2.12. The van der Waals surface area contributed by atoms with E-state index >= 15 is 0 Å². The quantitative estimate of drug-likeness (QED) is 0.850. The molecular formula is C13H18ClN3O. The van der Waals surface area contributed by atoms with Crippen LogP contribution in [0, 0.1) is 5.92 Å². The lowest BCUT2D eigenvalue weighted by Gasteiger charge is -2.29. The fourth-order valence-electron chi connectivity index (χ4n) is 2.33. The Morgan fingerprint density at radius 1 is 1.67 bits per heavy atom. The van der Waals surface area contributed by atoms with Gasteiger partial charge in [-0.15, -0.1) is 0 Å². The van der Waals surface area contributed by atoms with Crippen molar-refractivity contribution in [3.05, 3.63) is 29.0 Å². The van der Waals surface area contributed by atoms with Crippen LogP contribution in [-0.4, -0.2) is 42.5 Å². The minimum atomic E-state index is -0.138. The summed E-state index contributed by atoms with van der Waals surface area (Å²) in [6.07, 6.45) is 3.95. The van der Waals surface area contributed by atoms with Crippen molar-refractivity contribution in [1.82, 2.24) is 15.2 Å². The van der Waals surface area contributed by atoms with Gasteiger partial charge in [-0.05, 0) is 44.5 Å². The molecule has 1 N–H and O–H groups in total. The highest BCUT2D eigenvalue weighted by Gasteiger charge is 2.18. The molecule has 1 amide bonds. The fraction of sp³-hybridized carbons (Fsp3) is 0.538. The van der Waals surface area contributed by atoms with Crippen LogP contribution in [0.2, 0.25) is 5.15 Å². The van der Waals surface area contributed by atoms with Crippen LogP contribution in [-0.2, 0) is 0 Å². The Labute approximate surface area is 112 Å². The van der Waals surface area contributed by atoms with Gasteiger partial charge in [-0.1, -0.05) is 11.6 Å². The maximum Gasteiger partial charge on any atom is 0.254 e. The normalized spacial score (nSPS) is 20.7. The van der Waals surface area contributed by atoms with E-state index in [0.29, 0.717) is 18.0 Å². The lowest BCUT2D eigenvalue weighted by atomic mass is 9.98. The van der Waals surface area contributed by atoms with E-state index in [0.717, 1.165) is 13.1 Å². The number of nitrogens with zero attached hydrogens (tertiary/aromatic N) is 2. The molecule has 2 heterocycles. The van der Waals surface area contributed by atoms with E-state index in [9.17, 15) is 4.79 Å². The molecule has 0 radical (unpaired) electrons. The summed E-state index contributed by atoms with van der Waals surface area (Å²) < 4.78 is 0. The van der Waals surface area contributed by atoms with Gasteiger partial charge in [-0.3, -0.25) is 4.79 Å². The summed E-state index contributed by atoms with van der Waals surface area (Å²) in [5, 5.41) is 3.20. The molecule has 1 saturated heterocycles. The highest BCUT2D eigenvalue weighted by Crippen LogP contribution is 2.15. The minimum absolute atomic E-state index is 0.138. The van der Waals surface area contributed by atoms with Crippen LogP contribution in [0.4, 0.5) is 0 Å². The average molecular weight is 268 g/mol. The first-order valence-corrected chi connectivity index (χ1v) is 6.62. The number of rotatable bonds is 3. The number of halogens is 1. The molecule has 1 aromatic rings. The largest absolute Gasteiger partial charge is 0.352 e. The molecule has 5 heteroatoms. The van der Waals surface area contributed by atoms with E-state index in [1.807, 2.05) is 0 Å². The van der Waals surface area contributed by atoms with Gasteiger partial charge in [0, 0.05) is 19.3 Å². The second kappa shape index (κ2) is 6.16. The van der Waals surface area contributed by atoms with Gasteiger partial charge in [-0.25, -0.2) is 4.98 Å². The Hall–Kier alpha value is -1.13. The Bertz CT molecular complexity index is 424. The number of nitrogens with one attached hydrogen (secondary N) is 1. The van der Waals surface area contributed by atoms with Crippen LogP contribution < -0.4 is 5.32 Å². The van der Waals surface area contributed by atoms with Crippen molar-refractivity contribution in [2.75, 3.05) is 26.7 Å². The van der Waals surface area contributed by atoms with Gasteiger partial charge in [0.2, 0.25) is 0 Å². The van der Waals surface area contributed by atoms with Gasteiger partial charge in [0.25, 0.3) is 5.91 Å². The van der Waals surface area contributed by atoms with Crippen molar-refractivity contribution < 1.29 is 4.79 Å². The average Bonchev–Trinajstić information content (AvgIpc) is 2.37. The van der Waals surface area contributed by atoms with Gasteiger partial charge in [0.05, 0.1) is 5.56 Å². The summed E-state index contributed by atoms with van der Waals surface area (Å²) >= 11 is 5.88. The first kappa shape index (κ1) is 13.3. The third-order valence-electron chi connectivity index (χ3n) is 3.28. The second-order valence-corrected chi connectivity index (χ2v) is 5.18. The van der Waals surface area contributed by atoms with Gasteiger partial charge < -0.3 is 10.2 Å². The number of hydrogen-bond donors (Lipinski definition) is 1. The van der Waals surface area contributed by atoms with Gasteiger partial charge in [0.1, 0.15) is 5.15 Å². The third kappa shape index (κ3) is 3.43. The number of carbonyl (C=O) groups excluding carboxylic acids is 1. The number of pyridine rings is 1. The van der Waals surface area contributed by atoms with E-state index < -0.39 is 0 Å². The molecule has 98 valence electrons. The van der Waals surface area contributed by atoms with Gasteiger partial charge >= 0.3 is 0 Å². The van der Waals surface area contributed by atoms with Gasteiger partial charge in [0.15, 0.2) is 0 Å². The number of hydrogen-bond acceptors (Lipinski definition) is 3. The molecule has 1 aliphatic rings. The zero-order valence-electron chi connectivity index (χ0n) is 10.5. The molecule has 1 atom stereocenters. The summed E-state index contributed by atoms with van der Waals surface area (Å²) in [5.74, 6) is 0.393. The van der Waals surface area contributed by atoms with Crippen molar-refractivity contribution in [3.63, 3.8) is 0 Å². The topological polar surface area (TPSA) is 45.2 Å². The molecule has 4 nitrogen and oxygen atoms in total. The maximum atomic E-state index is 11.9.